The van der Waals surface area contributed by atoms with Gasteiger partial charge in [0.25, 0.3) is 0 Å². The van der Waals surface area contributed by atoms with Crippen molar-refractivity contribution >= 4 is 17.5 Å². The summed E-state index contributed by atoms with van der Waals surface area (Å²) in [6, 6.07) is 14.9. The number of para-hydroxylation sites is 3. The van der Waals surface area contributed by atoms with E-state index in [0.717, 1.165) is 11.3 Å². The third-order valence-electron chi connectivity index (χ3n) is 4.05. The molecule has 0 unspecified atom stereocenters. The van der Waals surface area contributed by atoms with Crippen LogP contribution in [-0.4, -0.2) is 38.6 Å². The first kappa shape index (κ1) is 20.3. The highest BCUT2D eigenvalue weighted by Crippen LogP contribution is 2.28. The van der Waals surface area contributed by atoms with Crippen molar-refractivity contribution in [2.45, 2.75) is 20.3 Å². The van der Waals surface area contributed by atoms with Crippen molar-refractivity contribution in [3.8, 4) is 11.5 Å². The Bertz CT molecular complexity index is 776. The molecule has 0 spiro atoms. The number of anilines is 1. The first-order chi connectivity index (χ1) is 13.1. The molecule has 6 heteroatoms. The highest BCUT2D eigenvalue weighted by molar-refractivity contribution is 5.98. The molecule has 0 bridgehead atoms. The highest BCUT2D eigenvalue weighted by Gasteiger charge is 2.19. The predicted octanol–water partition coefficient (Wildman–Crippen LogP) is 2.81. The van der Waals surface area contributed by atoms with Crippen LogP contribution in [-0.2, 0) is 16.0 Å². The molecule has 0 saturated carbocycles. The summed E-state index contributed by atoms with van der Waals surface area (Å²) in [4.78, 5) is 25.9. The Balaban J connectivity index is 1.98. The lowest BCUT2D eigenvalue weighted by molar-refractivity contribution is -0.123. The molecule has 0 saturated heterocycles. The van der Waals surface area contributed by atoms with Gasteiger partial charge in [0.15, 0.2) is 0 Å². The van der Waals surface area contributed by atoms with Crippen molar-refractivity contribution in [1.82, 2.24) is 5.32 Å². The van der Waals surface area contributed by atoms with Gasteiger partial charge in [0.1, 0.15) is 18.0 Å². The minimum Gasteiger partial charge on any atom is -0.496 e. The number of benzene rings is 2. The first-order valence-corrected chi connectivity index (χ1v) is 8.95. The van der Waals surface area contributed by atoms with Crippen LogP contribution in [0.15, 0.2) is 48.5 Å². The predicted molar refractivity (Wildman–Crippen MR) is 105 cm³/mol. The molecule has 0 atom stereocenters. The van der Waals surface area contributed by atoms with Crippen molar-refractivity contribution in [2.24, 2.45) is 0 Å². The van der Waals surface area contributed by atoms with Crippen LogP contribution in [0.3, 0.4) is 0 Å². The fourth-order valence-corrected chi connectivity index (χ4v) is 2.77. The van der Waals surface area contributed by atoms with Crippen LogP contribution in [0.2, 0.25) is 0 Å². The van der Waals surface area contributed by atoms with Gasteiger partial charge in [0.2, 0.25) is 11.8 Å². The number of nitrogens with zero attached hydrogens (tertiary/aromatic N) is 1. The molecule has 6 nitrogen and oxygen atoms in total. The second-order valence-corrected chi connectivity index (χ2v) is 5.92. The van der Waals surface area contributed by atoms with Gasteiger partial charge in [-0.3, -0.25) is 14.5 Å². The summed E-state index contributed by atoms with van der Waals surface area (Å²) in [5, 5.41) is 2.86. The number of nitrogens with one attached hydrogen (secondary N) is 1. The number of hydrogen-bond donors (Lipinski definition) is 1. The van der Waals surface area contributed by atoms with Crippen LogP contribution in [0.25, 0.3) is 0 Å². The highest BCUT2D eigenvalue weighted by atomic mass is 16.5. The lowest BCUT2D eigenvalue weighted by Gasteiger charge is -2.23. The fourth-order valence-electron chi connectivity index (χ4n) is 2.77. The maximum atomic E-state index is 12.4. The summed E-state index contributed by atoms with van der Waals surface area (Å²) >= 11 is 0. The topological polar surface area (TPSA) is 67.9 Å². The van der Waals surface area contributed by atoms with E-state index < -0.39 is 0 Å². The summed E-state index contributed by atoms with van der Waals surface area (Å²) in [6.45, 7) is 4.18. The van der Waals surface area contributed by atoms with Crippen LogP contribution in [0.1, 0.15) is 19.4 Å². The van der Waals surface area contributed by atoms with E-state index in [2.05, 4.69) is 5.32 Å². The van der Waals surface area contributed by atoms with E-state index in [9.17, 15) is 9.59 Å². The normalized spacial score (nSPS) is 10.2. The number of carbonyl (C=O) groups is 2. The number of ether oxygens (including phenoxy) is 2. The maximum Gasteiger partial charge on any atom is 0.240 e. The summed E-state index contributed by atoms with van der Waals surface area (Å²) < 4.78 is 10.9. The van der Waals surface area contributed by atoms with Crippen LogP contribution < -0.4 is 19.7 Å². The van der Waals surface area contributed by atoms with Crippen molar-refractivity contribution in [3.63, 3.8) is 0 Å². The molecule has 0 heterocycles. The van der Waals surface area contributed by atoms with E-state index in [1.54, 1.807) is 19.2 Å². The first-order valence-electron chi connectivity index (χ1n) is 8.95. The maximum absolute atomic E-state index is 12.4. The average Bonchev–Trinajstić information content (AvgIpc) is 2.67. The number of carbonyl (C=O) groups excluding carboxylic acids is 2. The third kappa shape index (κ3) is 5.74. The molecule has 27 heavy (non-hydrogen) atoms. The zero-order valence-electron chi connectivity index (χ0n) is 16.0. The minimum atomic E-state index is -0.230. The zero-order valence-corrected chi connectivity index (χ0v) is 16.0. The van der Waals surface area contributed by atoms with E-state index >= 15 is 0 Å². The van der Waals surface area contributed by atoms with Gasteiger partial charge in [-0.1, -0.05) is 30.3 Å². The van der Waals surface area contributed by atoms with Crippen LogP contribution in [0.5, 0.6) is 11.5 Å². The Morgan fingerprint density at radius 2 is 1.70 bits per heavy atom. The molecular weight excluding hydrogens is 344 g/mol. The van der Waals surface area contributed by atoms with Gasteiger partial charge in [-0.05, 0) is 37.1 Å². The largest absolute Gasteiger partial charge is 0.496 e. The van der Waals surface area contributed by atoms with E-state index in [4.69, 9.17) is 9.47 Å². The molecule has 0 fully saturated rings. The minimum absolute atomic E-state index is 0.0641. The lowest BCUT2D eigenvalue weighted by atomic mass is 10.1. The van der Waals surface area contributed by atoms with E-state index in [1.807, 2.05) is 43.3 Å². The fraction of sp³-hybridized carbons (Fsp3) is 0.333. The van der Waals surface area contributed by atoms with Crippen LogP contribution >= 0.6 is 0 Å². The molecular formula is C21H26N2O4. The molecule has 2 aromatic carbocycles. The van der Waals surface area contributed by atoms with Crippen molar-refractivity contribution < 1.29 is 19.1 Å². The summed E-state index contributed by atoms with van der Waals surface area (Å²) in [5.41, 5.74) is 1.61. The Hall–Kier alpha value is -3.02. The Morgan fingerprint density at radius 3 is 2.37 bits per heavy atom. The smallest absolute Gasteiger partial charge is 0.240 e. The Morgan fingerprint density at radius 1 is 1.04 bits per heavy atom. The Kier molecular flexibility index (Phi) is 7.67. The standard InChI is InChI=1S/C21H26N2O4/c1-4-27-20-12-8-6-10-18(20)23(16(2)24)15-21(25)22-14-13-17-9-5-7-11-19(17)26-3/h5-12H,4,13-15H2,1-3H3,(H,22,25). The third-order valence-corrected chi connectivity index (χ3v) is 4.05. The molecule has 1 N–H and O–H groups in total. The van der Waals surface area contributed by atoms with E-state index in [1.165, 1.54) is 11.8 Å². The molecule has 0 radical (unpaired) electrons. The quantitative estimate of drug-likeness (QED) is 0.737. The Labute approximate surface area is 160 Å². The lowest BCUT2D eigenvalue weighted by Crippen LogP contribution is -2.40. The molecule has 0 aliphatic heterocycles. The SMILES string of the molecule is CCOc1ccccc1N(CC(=O)NCCc1ccccc1OC)C(C)=O. The molecule has 144 valence electrons. The van der Waals surface area contributed by atoms with E-state index in [0.29, 0.717) is 31.0 Å². The molecule has 2 aromatic rings. The summed E-state index contributed by atoms with van der Waals surface area (Å²) in [6.07, 6.45) is 0.644. The molecule has 0 aromatic heterocycles. The van der Waals surface area contributed by atoms with Gasteiger partial charge in [-0.15, -0.1) is 0 Å². The zero-order chi connectivity index (χ0) is 19.6. The van der Waals surface area contributed by atoms with Crippen molar-refractivity contribution in [2.75, 3.05) is 31.7 Å². The van der Waals surface area contributed by atoms with Crippen molar-refractivity contribution in [3.05, 3.63) is 54.1 Å². The summed E-state index contributed by atoms with van der Waals surface area (Å²) in [7, 11) is 1.62. The number of rotatable bonds is 9. The van der Waals surface area contributed by atoms with Gasteiger partial charge >= 0.3 is 0 Å². The second kappa shape index (κ2) is 10.2. The van der Waals surface area contributed by atoms with Crippen LogP contribution in [0.4, 0.5) is 5.69 Å². The van der Waals surface area contributed by atoms with Crippen LogP contribution in [0, 0.1) is 0 Å². The van der Waals surface area contributed by atoms with Gasteiger partial charge < -0.3 is 14.8 Å². The van der Waals surface area contributed by atoms with Gasteiger partial charge in [0.05, 0.1) is 19.4 Å². The second-order valence-electron chi connectivity index (χ2n) is 5.92. The molecule has 2 rings (SSSR count). The van der Waals surface area contributed by atoms with Gasteiger partial charge in [-0.25, -0.2) is 0 Å². The summed E-state index contributed by atoms with van der Waals surface area (Å²) in [5.74, 6) is 0.924. The number of methoxy groups -OCH3 is 1. The van der Waals surface area contributed by atoms with Crippen molar-refractivity contribution in [1.29, 1.82) is 0 Å². The number of hydrogen-bond acceptors (Lipinski definition) is 4. The monoisotopic (exact) mass is 370 g/mol. The number of amides is 2. The van der Waals surface area contributed by atoms with E-state index in [-0.39, 0.29) is 18.4 Å². The average molecular weight is 370 g/mol. The molecule has 0 aliphatic carbocycles. The van der Waals surface area contributed by atoms with Gasteiger partial charge in [0, 0.05) is 13.5 Å². The molecule has 0 aliphatic rings. The molecule has 2 amide bonds. The van der Waals surface area contributed by atoms with Gasteiger partial charge in [-0.2, -0.15) is 0 Å².